The fourth-order valence-electron chi connectivity index (χ4n) is 2.25. The van der Waals surface area contributed by atoms with Gasteiger partial charge in [-0.2, -0.15) is 0 Å². The largest absolute Gasteiger partial charge is 0.480 e. The van der Waals surface area contributed by atoms with Crippen molar-refractivity contribution in [1.29, 1.82) is 0 Å². The van der Waals surface area contributed by atoms with Gasteiger partial charge in [0.1, 0.15) is 11.6 Å². The van der Waals surface area contributed by atoms with Crippen LogP contribution in [-0.2, 0) is 19.1 Å². The van der Waals surface area contributed by atoms with Gasteiger partial charge in [-0.15, -0.1) is 0 Å². The Labute approximate surface area is 104 Å². The fourth-order valence-corrected chi connectivity index (χ4v) is 2.25. The molecule has 0 aromatic rings. The molecule has 0 aromatic carbocycles. The molecule has 0 saturated carbocycles. The van der Waals surface area contributed by atoms with E-state index >= 15 is 0 Å². The lowest BCUT2D eigenvalue weighted by atomic mass is 9.89. The summed E-state index contributed by atoms with van der Waals surface area (Å²) in [6, 6.07) is -0.614. The molecule has 1 unspecified atom stereocenters. The fraction of sp³-hybridized carbons (Fsp3) is 0.727. The molecule has 1 atom stereocenters. The van der Waals surface area contributed by atoms with Crippen molar-refractivity contribution in [2.75, 3.05) is 13.2 Å². The molecule has 2 amide bonds. The van der Waals surface area contributed by atoms with Crippen LogP contribution in [0, 0.1) is 0 Å². The van der Waals surface area contributed by atoms with Gasteiger partial charge in [-0.1, -0.05) is 0 Å². The van der Waals surface area contributed by atoms with Crippen molar-refractivity contribution >= 4 is 17.8 Å². The lowest BCUT2D eigenvalue weighted by Crippen LogP contribution is -2.60. The zero-order valence-electron chi connectivity index (χ0n) is 9.90. The normalized spacial score (nSPS) is 26.4. The summed E-state index contributed by atoms with van der Waals surface area (Å²) in [5.41, 5.74) is -1.26. The third kappa shape index (κ3) is 2.45. The summed E-state index contributed by atoms with van der Waals surface area (Å²) in [6.07, 6.45) is 1.21. The van der Waals surface area contributed by atoms with Gasteiger partial charge in [0.25, 0.3) is 0 Å². The molecule has 18 heavy (non-hydrogen) atoms. The maximum Gasteiger partial charge on any atom is 0.329 e. The molecule has 7 heteroatoms. The van der Waals surface area contributed by atoms with Crippen LogP contribution in [0.4, 0.5) is 0 Å². The number of carbonyl (C=O) groups excluding carboxylic acids is 2. The van der Waals surface area contributed by atoms with Crippen LogP contribution >= 0.6 is 0 Å². The maximum atomic E-state index is 11.9. The van der Waals surface area contributed by atoms with Crippen LogP contribution < -0.4 is 10.6 Å². The van der Waals surface area contributed by atoms with E-state index in [0.717, 1.165) is 0 Å². The minimum atomic E-state index is -1.26. The minimum absolute atomic E-state index is 0.175. The summed E-state index contributed by atoms with van der Waals surface area (Å²) in [5.74, 6) is -1.65. The van der Waals surface area contributed by atoms with Crippen molar-refractivity contribution in [3.63, 3.8) is 0 Å². The number of carboxylic acid groups (broad SMARTS) is 1. The van der Waals surface area contributed by atoms with Gasteiger partial charge in [0, 0.05) is 32.5 Å². The van der Waals surface area contributed by atoms with Gasteiger partial charge in [-0.25, -0.2) is 4.79 Å². The van der Waals surface area contributed by atoms with Gasteiger partial charge in [0.2, 0.25) is 11.8 Å². The number of hydrogen-bond donors (Lipinski definition) is 3. The summed E-state index contributed by atoms with van der Waals surface area (Å²) in [6.45, 7) is 0.618. The summed E-state index contributed by atoms with van der Waals surface area (Å²) in [5, 5.41) is 14.4. The van der Waals surface area contributed by atoms with E-state index in [-0.39, 0.29) is 18.7 Å². The molecule has 0 aromatic heterocycles. The average molecular weight is 256 g/mol. The van der Waals surface area contributed by atoms with E-state index in [1.807, 2.05) is 0 Å². The highest BCUT2D eigenvalue weighted by molar-refractivity contribution is 5.94. The van der Waals surface area contributed by atoms with E-state index in [9.17, 15) is 19.5 Å². The summed E-state index contributed by atoms with van der Waals surface area (Å²) >= 11 is 0. The van der Waals surface area contributed by atoms with E-state index < -0.39 is 23.5 Å². The number of hydrogen-bond acceptors (Lipinski definition) is 4. The number of carboxylic acids is 1. The standard InChI is InChI=1S/C11H16N2O5/c14-8-2-1-7(12-8)9(15)13-11(10(16)17)3-5-18-6-4-11/h7H,1-6H2,(H,12,14)(H,13,15)(H,16,17). The third-order valence-corrected chi connectivity index (χ3v) is 3.43. The number of ether oxygens (including phenoxy) is 1. The van der Waals surface area contributed by atoms with E-state index in [1.165, 1.54) is 0 Å². The van der Waals surface area contributed by atoms with E-state index in [2.05, 4.69) is 10.6 Å². The lowest BCUT2D eigenvalue weighted by molar-refractivity contribution is -0.152. The highest BCUT2D eigenvalue weighted by Gasteiger charge is 2.43. The van der Waals surface area contributed by atoms with Crippen molar-refractivity contribution in [3.05, 3.63) is 0 Å². The number of rotatable bonds is 3. The lowest BCUT2D eigenvalue weighted by Gasteiger charge is -2.34. The summed E-state index contributed by atoms with van der Waals surface area (Å²) < 4.78 is 5.11. The topological polar surface area (TPSA) is 105 Å². The Morgan fingerprint density at radius 3 is 2.56 bits per heavy atom. The van der Waals surface area contributed by atoms with Crippen LogP contribution in [0.5, 0.6) is 0 Å². The van der Waals surface area contributed by atoms with E-state index in [0.29, 0.717) is 26.1 Å². The molecule has 2 fully saturated rings. The zero-order valence-corrected chi connectivity index (χ0v) is 9.90. The Balaban J connectivity index is 2.02. The molecular formula is C11H16N2O5. The molecule has 0 radical (unpaired) electrons. The highest BCUT2D eigenvalue weighted by Crippen LogP contribution is 2.22. The van der Waals surface area contributed by atoms with Crippen LogP contribution in [0.1, 0.15) is 25.7 Å². The molecule has 3 N–H and O–H groups in total. The Morgan fingerprint density at radius 2 is 2.06 bits per heavy atom. The van der Waals surface area contributed by atoms with Gasteiger partial charge in [-0.3, -0.25) is 9.59 Å². The Kier molecular flexibility index (Phi) is 3.51. The zero-order chi connectivity index (χ0) is 13.2. The maximum absolute atomic E-state index is 11.9. The third-order valence-electron chi connectivity index (χ3n) is 3.43. The average Bonchev–Trinajstić information content (AvgIpc) is 2.77. The first-order valence-corrected chi connectivity index (χ1v) is 5.96. The molecule has 0 spiro atoms. The smallest absolute Gasteiger partial charge is 0.329 e. The summed E-state index contributed by atoms with van der Waals surface area (Å²) in [7, 11) is 0. The Bertz CT molecular complexity index is 376. The van der Waals surface area contributed by atoms with Crippen molar-refractivity contribution in [1.82, 2.24) is 10.6 Å². The van der Waals surface area contributed by atoms with Crippen LogP contribution in [-0.4, -0.2) is 47.7 Å². The van der Waals surface area contributed by atoms with Crippen LogP contribution in [0.15, 0.2) is 0 Å². The van der Waals surface area contributed by atoms with Crippen molar-refractivity contribution < 1.29 is 24.2 Å². The molecular weight excluding hydrogens is 240 g/mol. The molecule has 100 valence electrons. The minimum Gasteiger partial charge on any atom is -0.480 e. The first kappa shape index (κ1) is 12.8. The van der Waals surface area contributed by atoms with Gasteiger partial charge in [0.05, 0.1) is 0 Å². The molecule has 0 bridgehead atoms. The molecule has 2 aliphatic rings. The molecule has 2 heterocycles. The predicted octanol–water partition coefficient (Wildman–Crippen LogP) is -0.985. The number of amides is 2. The second kappa shape index (κ2) is 4.93. The quantitative estimate of drug-likeness (QED) is 0.601. The van der Waals surface area contributed by atoms with Gasteiger partial charge in [-0.05, 0) is 6.42 Å². The van der Waals surface area contributed by atoms with Crippen molar-refractivity contribution in [3.8, 4) is 0 Å². The predicted molar refractivity (Wildman–Crippen MR) is 59.7 cm³/mol. The second-order valence-corrected chi connectivity index (χ2v) is 4.65. The van der Waals surface area contributed by atoms with Crippen LogP contribution in [0.25, 0.3) is 0 Å². The van der Waals surface area contributed by atoms with Crippen molar-refractivity contribution in [2.24, 2.45) is 0 Å². The van der Waals surface area contributed by atoms with Crippen molar-refractivity contribution in [2.45, 2.75) is 37.3 Å². The summed E-state index contributed by atoms with van der Waals surface area (Å²) in [4.78, 5) is 34.3. The molecule has 7 nitrogen and oxygen atoms in total. The van der Waals surface area contributed by atoms with Crippen LogP contribution in [0.3, 0.4) is 0 Å². The SMILES string of the molecule is O=C1CCC(C(=O)NC2(C(=O)O)CCOCC2)N1. The number of carbonyl (C=O) groups is 3. The monoisotopic (exact) mass is 256 g/mol. The number of nitrogens with one attached hydrogen (secondary N) is 2. The number of aliphatic carboxylic acids is 1. The highest BCUT2D eigenvalue weighted by atomic mass is 16.5. The second-order valence-electron chi connectivity index (χ2n) is 4.65. The van der Waals surface area contributed by atoms with Gasteiger partial charge in [0.15, 0.2) is 0 Å². The van der Waals surface area contributed by atoms with Crippen LogP contribution in [0.2, 0.25) is 0 Å². The molecule has 2 rings (SSSR count). The Morgan fingerprint density at radius 1 is 1.39 bits per heavy atom. The molecule has 0 aliphatic carbocycles. The first-order chi connectivity index (χ1) is 8.53. The molecule has 2 saturated heterocycles. The molecule has 2 aliphatic heterocycles. The van der Waals surface area contributed by atoms with Gasteiger partial charge >= 0.3 is 5.97 Å². The van der Waals surface area contributed by atoms with E-state index in [4.69, 9.17) is 4.74 Å². The van der Waals surface area contributed by atoms with Gasteiger partial charge < -0.3 is 20.5 Å². The Hall–Kier alpha value is -1.63. The van der Waals surface area contributed by atoms with E-state index in [1.54, 1.807) is 0 Å². The first-order valence-electron chi connectivity index (χ1n) is 5.96.